The molecular weight excluding hydrogens is 264 g/mol. The molecule has 0 aliphatic rings. The number of aryl methyl sites for hydroxylation is 1. The molecule has 0 bridgehead atoms. The summed E-state index contributed by atoms with van der Waals surface area (Å²) in [7, 11) is 1.85. The molecule has 0 fully saturated rings. The van der Waals surface area contributed by atoms with Gasteiger partial charge in [-0.25, -0.2) is 0 Å². The molecule has 2 N–H and O–H groups in total. The molecule has 1 rings (SSSR count). The van der Waals surface area contributed by atoms with Gasteiger partial charge in [-0.05, 0) is 51.6 Å². The Balaban J connectivity index is 2.51. The third-order valence-corrected chi connectivity index (χ3v) is 3.31. The van der Waals surface area contributed by atoms with Crippen LogP contribution in [0.15, 0.2) is 18.2 Å². The first-order chi connectivity index (χ1) is 8.93. The summed E-state index contributed by atoms with van der Waals surface area (Å²) in [5.41, 5.74) is 0.926. The fraction of sp³-hybridized carbons (Fsp3) is 0.500. The van der Waals surface area contributed by atoms with Gasteiger partial charge in [-0.2, -0.15) is 0 Å². The van der Waals surface area contributed by atoms with Gasteiger partial charge in [-0.15, -0.1) is 0 Å². The van der Waals surface area contributed by atoms with Crippen molar-refractivity contribution in [1.82, 2.24) is 10.6 Å². The molecule has 0 aliphatic heterocycles. The minimum atomic E-state index is -0.537. The highest BCUT2D eigenvalue weighted by molar-refractivity contribution is 6.31. The van der Waals surface area contributed by atoms with Gasteiger partial charge in [0.1, 0.15) is 5.75 Å². The zero-order valence-electron chi connectivity index (χ0n) is 11.8. The molecule has 4 nitrogen and oxygen atoms in total. The monoisotopic (exact) mass is 284 g/mol. The molecule has 19 heavy (non-hydrogen) atoms. The summed E-state index contributed by atoms with van der Waals surface area (Å²) in [6.07, 6.45) is -0.537. The fourth-order valence-electron chi connectivity index (χ4n) is 1.45. The molecule has 0 radical (unpaired) electrons. The van der Waals surface area contributed by atoms with Crippen molar-refractivity contribution < 1.29 is 9.53 Å². The Morgan fingerprint density at radius 1 is 1.42 bits per heavy atom. The van der Waals surface area contributed by atoms with E-state index >= 15 is 0 Å². The summed E-state index contributed by atoms with van der Waals surface area (Å²) >= 11 is 5.94. The Labute approximate surface area is 119 Å². The first-order valence-corrected chi connectivity index (χ1v) is 6.69. The van der Waals surface area contributed by atoms with Gasteiger partial charge < -0.3 is 15.4 Å². The van der Waals surface area contributed by atoms with Crippen LogP contribution in [0.3, 0.4) is 0 Å². The van der Waals surface area contributed by atoms with Gasteiger partial charge in [0.15, 0.2) is 6.10 Å². The van der Waals surface area contributed by atoms with Crippen molar-refractivity contribution in [3.8, 4) is 5.75 Å². The lowest BCUT2D eigenvalue weighted by atomic mass is 10.2. The van der Waals surface area contributed by atoms with Crippen molar-refractivity contribution in [2.75, 3.05) is 13.6 Å². The van der Waals surface area contributed by atoms with Crippen LogP contribution in [0.5, 0.6) is 5.75 Å². The zero-order valence-corrected chi connectivity index (χ0v) is 12.5. The second-order valence-electron chi connectivity index (χ2n) is 4.61. The van der Waals surface area contributed by atoms with E-state index in [0.717, 1.165) is 5.56 Å². The van der Waals surface area contributed by atoms with E-state index in [1.807, 2.05) is 27.0 Å². The third-order valence-electron chi connectivity index (χ3n) is 2.89. The second-order valence-corrected chi connectivity index (χ2v) is 5.01. The molecule has 5 heteroatoms. The summed E-state index contributed by atoms with van der Waals surface area (Å²) in [6, 6.07) is 5.58. The summed E-state index contributed by atoms with van der Waals surface area (Å²) in [5.74, 6) is 0.515. The number of likely N-dealkylation sites (N-methyl/N-ethyl adjacent to an activating group) is 1. The molecule has 0 aliphatic carbocycles. The topological polar surface area (TPSA) is 50.4 Å². The fourth-order valence-corrected chi connectivity index (χ4v) is 1.57. The molecule has 2 atom stereocenters. The van der Waals surface area contributed by atoms with Crippen LogP contribution in [-0.2, 0) is 4.79 Å². The molecule has 0 saturated carbocycles. The third kappa shape index (κ3) is 5.09. The lowest BCUT2D eigenvalue weighted by Gasteiger charge is -2.17. The smallest absolute Gasteiger partial charge is 0.260 e. The molecule has 0 heterocycles. The van der Waals surface area contributed by atoms with Crippen molar-refractivity contribution in [3.05, 3.63) is 28.8 Å². The SMILES string of the molecule is CNC(C)CNC(=O)C(C)Oc1ccc(Cl)c(C)c1. The summed E-state index contributed by atoms with van der Waals surface area (Å²) in [4.78, 5) is 11.8. The molecular formula is C14H21ClN2O2. The maximum Gasteiger partial charge on any atom is 0.260 e. The molecule has 0 saturated heterocycles. The average Bonchev–Trinajstić information content (AvgIpc) is 2.39. The quantitative estimate of drug-likeness (QED) is 0.841. The maximum atomic E-state index is 11.8. The zero-order chi connectivity index (χ0) is 14.4. The van der Waals surface area contributed by atoms with E-state index < -0.39 is 6.10 Å². The van der Waals surface area contributed by atoms with Crippen LogP contribution >= 0.6 is 11.6 Å². The van der Waals surface area contributed by atoms with Gasteiger partial charge in [0, 0.05) is 17.6 Å². The first kappa shape index (κ1) is 15.8. The highest BCUT2D eigenvalue weighted by Gasteiger charge is 2.15. The van der Waals surface area contributed by atoms with E-state index in [1.165, 1.54) is 0 Å². The predicted octanol–water partition coefficient (Wildman–Crippen LogP) is 2.14. The number of benzene rings is 1. The van der Waals surface area contributed by atoms with Gasteiger partial charge >= 0.3 is 0 Å². The Kier molecular flexibility index (Phi) is 6.12. The second kappa shape index (κ2) is 7.36. The van der Waals surface area contributed by atoms with E-state index in [0.29, 0.717) is 17.3 Å². The van der Waals surface area contributed by atoms with Crippen LogP contribution in [0.1, 0.15) is 19.4 Å². The van der Waals surface area contributed by atoms with Gasteiger partial charge in [0.25, 0.3) is 5.91 Å². The molecule has 1 aromatic rings. The number of halogens is 1. The minimum absolute atomic E-state index is 0.130. The van der Waals surface area contributed by atoms with Crippen molar-refractivity contribution in [1.29, 1.82) is 0 Å². The Hall–Kier alpha value is -1.26. The number of hydrogen-bond acceptors (Lipinski definition) is 3. The lowest BCUT2D eigenvalue weighted by Crippen LogP contribution is -2.42. The molecule has 0 spiro atoms. The number of carbonyl (C=O) groups is 1. The van der Waals surface area contributed by atoms with Crippen LogP contribution in [0.4, 0.5) is 0 Å². The standard InChI is InChI=1S/C14H21ClN2O2/c1-9-7-12(5-6-13(9)15)19-11(3)14(18)17-8-10(2)16-4/h5-7,10-11,16H,8H2,1-4H3,(H,17,18). The van der Waals surface area contributed by atoms with E-state index in [2.05, 4.69) is 10.6 Å². The van der Waals surface area contributed by atoms with Crippen LogP contribution in [-0.4, -0.2) is 31.6 Å². The molecule has 0 aromatic heterocycles. The minimum Gasteiger partial charge on any atom is -0.481 e. The number of hydrogen-bond donors (Lipinski definition) is 2. The largest absolute Gasteiger partial charge is 0.481 e. The van der Waals surface area contributed by atoms with Crippen molar-refractivity contribution in [3.63, 3.8) is 0 Å². The predicted molar refractivity (Wildman–Crippen MR) is 77.8 cm³/mol. The van der Waals surface area contributed by atoms with Gasteiger partial charge in [-0.1, -0.05) is 11.6 Å². The van der Waals surface area contributed by atoms with Crippen LogP contribution in [0.25, 0.3) is 0 Å². The summed E-state index contributed by atoms with van der Waals surface area (Å²) in [6.45, 7) is 6.19. The number of amides is 1. The Bertz CT molecular complexity index is 437. The highest BCUT2D eigenvalue weighted by atomic mass is 35.5. The number of nitrogens with one attached hydrogen (secondary N) is 2. The summed E-state index contributed by atoms with van der Waals surface area (Å²) in [5, 5.41) is 6.57. The number of rotatable bonds is 6. The summed E-state index contributed by atoms with van der Waals surface area (Å²) < 4.78 is 5.59. The highest BCUT2D eigenvalue weighted by Crippen LogP contribution is 2.21. The lowest BCUT2D eigenvalue weighted by molar-refractivity contribution is -0.127. The van der Waals surface area contributed by atoms with Crippen molar-refractivity contribution >= 4 is 17.5 Å². The first-order valence-electron chi connectivity index (χ1n) is 6.31. The number of ether oxygens (including phenoxy) is 1. The molecule has 1 aromatic carbocycles. The van der Waals surface area contributed by atoms with Gasteiger partial charge in [0.05, 0.1) is 0 Å². The average molecular weight is 285 g/mol. The van der Waals surface area contributed by atoms with E-state index in [1.54, 1.807) is 19.1 Å². The molecule has 2 unspecified atom stereocenters. The van der Waals surface area contributed by atoms with Crippen molar-refractivity contribution in [2.24, 2.45) is 0 Å². The van der Waals surface area contributed by atoms with Crippen LogP contribution in [0, 0.1) is 6.92 Å². The van der Waals surface area contributed by atoms with Gasteiger partial charge in [-0.3, -0.25) is 4.79 Å². The van der Waals surface area contributed by atoms with E-state index in [-0.39, 0.29) is 11.9 Å². The van der Waals surface area contributed by atoms with Crippen LogP contribution in [0.2, 0.25) is 5.02 Å². The van der Waals surface area contributed by atoms with E-state index in [4.69, 9.17) is 16.3 Å². The van der Waals surface area contributed by atoms with Gasteiger partial charge in [0.2, 0.25) is 0 Å². The molecule has 1 amide bonds. The van der Waals surface area contributed by atoms with Crippen molar-refractivity contribution in [2.45, 2.75) is 32.9 Å². The normalized spacial score (nSPS) is 13.7. The number of carbonyl (C=O) groups excluding carboxylic acids is 1. The molecule has 106 valence electrons. The Morgan fingerprint density at radius 2 is 2.11 bits per heavy atom. The maximum absolute atomic E-state index is 11.8. The van der Waals surface area contributed by atoms with E-state index in [9.17, 15) is 4.79 Å². The Morgan fingerprint density at radius 3 is 2.68 bits per heavy atom. The van der Waals surface area contributed by atoms with Crippen LogP contribution < -0.4 is 15.4 Å².